The molecule has 3 aromatic rings. The molecule has 0 aliphatic rings. The Bertz CT molecular complexity index is 1090. The van der Waals surface area contributed by atoms with Crippen LogP contribution in [0.5, 0.6) is 5.75 Å². The molecule has 1 amide bonds. The van der Waals surface area contributed by atoms with Gasteiger partial charge in [-0.3, -0.25) is 9.59 Å². The van der Waals surface area contributed by atoms with Gasteiger partial charge in [0.25, 0.3) is 5.91 Å². The van der Waals surface area contributed by atoms with Crippen LogP contribution in [0, 0.1) is 0 Å². The van der Waals surface area contributed by atoms with E-state index in [0.717, 1.165) is 16.6 Å². The standard InChI is InChI=1S/C21H21ClN2O4S/c1-3-14-5-10-17-18(11-14)29-21(24(17)12-20(26)27-4-2)23-19(25)13-28-16-8-6-15(22)7-9-16/h5-11H,3-4,12-13H2,1-2H3. The van der Waals surface area contributed by atoms with Gasteiger partial charge < -0.3 is 14.0 Å². The third-order valence-electron chi connectivity index (χ3n) is 4.14. The number of thiazole rings is 1. The van der Waals surface area contributed by atoms with Gasteiger partial charge in [0.1, 0.15) is 12.3 Å². The molecule has 0 saturated carbocycles. The molecule has 0 bridgehead atoms. The fourth-order valence-electron chi connectivity index (χ4n) is 2.73. The molecule has 0 N–H and O–H groups in total. The summed E-state index contributed by atoms with van der Waals surface area (Å²) in [5.74, 6) is -0.292. The molecule has 0 unspecified atom stereocenters. The second-order valence-electron chi connectivity index (χ2n) is 6.18. The van der Waals surface area contributed by atoms with E-state index in [0.29, 0.717) is 22.2 Å². The number of aryl methyl sites for hydroxylation is 1. The van der Waals surface area contributed by atoms with Gasteiger partial charge in [-0.25, -0.2) is 0 Å². The largest absolute Gasteiger partial charge is 0.484 e. The molecule has 8 heteroatoms. The molecule has 1 heterocycles. The lowest BCUT2D eigenvalue weighted by molar-refractivity contribution is -0.143. The summed E-state index contributed by atoms with van der Waals surface area (Å²) in [5, 5.41) is 0.588. The lowest BCUT2D eigenvalue weighted by atomic mass is 10.2. The van der Waals surface area contributed by atoms with Gasteiger partial charge in [-0.05, 0) is 55.3 Å². The zero-order valence-corrected chi connectivity index (χ0v) is 17.8. The molecule has 2 aromatic carbocycles. The number of hydrogen-bond acceptors (Lipinski definition) is 5. The van der Waals surface area contributed by atoms with Crippen LogP contribution in [0.15, 0.2) is 47.5 Å². The van der Waals surface area contributed by atoms with E-state index in [9.17, 15) is 9.59 Å². The summed E-state index contributed by atoms with van der Waals surface area (Å²) >= 11 is 7.20. The Kier molecular flexibility index (Phi) is 7.06. The van der Waals surface area contributed by atoms with Gasteiger partial charge in [0.15, 0.2) is 11.4 Å². The Hall–Kier alpha value is -2.64. The lowest BCUT2D eigenvalue weighted by Gasteiger charge is -2.06. The molecule has 0 fully saturated rings. The molecule has 0 radical (unpaired) electrons. The minimum atomic E-state index is -0.445. The topological polar surface area (TPSA) is 69.9 Å². The summed E-state index contributed by atoms with van der Waals surface area (Å²) < 4.78 is 13.2. The van der Waals surface area contributed by atoms with Crippen LogP contribution in [0.25, 0.3) is 10.2 Å². The van der Waals surface area contributed by atoms with Gasteiger partial charge in [0, 0.05) is 5.02 Å². The van der Waals surface area contributed by atoms with E-state index in [1.165, 1.54) is 16.9 Å². The molecule has 0 atom stereocenters. The third-order valence-corrected chi connectivity index (χ3v) is 5.44. The number of carbonyl (C=O) groups excluding carboxylic acids is 2. The summed E-state index contributed by atoms with van der Waals surface area (Å²) in [7, 11) is 0. The third kappa shape index (κ3) is 5.46. The number of amides is 1. The predicted molar refractivity (Wildman–Crippen MR) is 113 cm³/mol. The lowest BCUT2D eigenvalue weighted by Crippen LogP contribution is -2.24. The number of benzene rings is 2. The van der Waals surface area contributed by atoms with Crippen LogP contribution in [0.2, 0.25) is 5.02 Å². The Labute approximate surface area is 177 Å². The van der Waals surface area contributed by atoms with Crippen LogP contribution >= 0.6 is 22.9 Å². The molecular formula is C21H21ClN2O4S. The number of aromatic nitrogens is 1. The fraction of sp³-hybridized carbons (Fsp3) is 0.286. The first-order chi connectivity index (χ1) is 14.0. The van der Waals surface area contributed by atoms with Crippen molar-refractivity contribution >= 4 is 45.0 Å². The van der Waals surface area contributed by atoms with E-state index in [1.807, 2.05) is 12.1 Å². The van der Waals surface area contributed by atoms with Crippen molar-refractivity contribution in [3.63, 3.8) is 0 Å². The van der Waals surface area contributed by atoms with Crippen LogP contribution in [-0.2, 0) is 27.3 Å². The van der Waals surface area contributed by atoms with E-state index in [2.05, 4.69) is 18.0 Å². The Morgan fingerprint density at radius 2 is 1.90 bits per heavy atom. The van der Waals surface area contributed by atoms with Crippen molar-refractivity contribution in [3.05, 3.63) is 57.9 Å². The summed E-state index contributed by atoms with van der Waals surface area (Å²) in [6, 6.07) is 12.7. The van der Waals surface area contributed by atoms with Gasteiger partial charge in [-0.1, -0.05) is 35.9 Å². The SMILES string of the molecule is CCOC(=O)Cn1c(=NC(=O)COc2ccc(Cl)cc2)sc2cc(CC)ccc21. The van der Waals surface area contributed by atoms with E-state index in [-0.39, 0.29) is 19.1 Å². The number of esters is 1. The number of halogens is 1. The van der Waals surface area contributed by atoms with E-state index in [4.69, 9.17) is 21.1 Å². The highest BCUT2D eigenvalue weighted by Crippen LogP contribution is 2.20. The molecule has 0 spiro atoms. The average molecular weight is 433 g/mol. The first kappa shape index (κ1) is 21.1. The average Bonchev–Trinajstić information content (AvgIpc) is 3.03. The normalized spacial score (nSPS) is 11.6. The summed E-state index contributed by atoms with van der Waals surface area (Å²) in [4.78, 5) is 29.0. The maximum Gasteiger partial charge on any atom is 0.326 e. The smallest absolute Gasteiger partial charge is 0.326 e. The quantitative estimate of drug-likeness (QED) is 0.529. The molecular weight excluding hydrogens is 412 g/mol. The zero-order valence-electron chi connectivity index (χ0n) is 16.2. The summed E-state index contributed by atoms with van der Waals surface area (Å²) in [6.45, 7) is 3.90. The Balaban J connectivity index is 1.89. The van der Waals surface area contributed by atoms with Crippen molar-refractivity contribution in [1.29, 1.82) is 0 Å². The van der Waals surface area contributed by atoms with Crippen LogP contribution in [-0.4, -0.2) is 29.7 Å². The Morgan fingerprint density at radius 3 is 2.59 bits per heavy atom. The van der Waals surface area contributed by atoms with Gasteiger partial charge in [-0.2, -0.15) is 4.99 Å². The van der Waals surface area contributed by atoms with Gasteiger partial charge in [0.05, 0.1) is 16.8 Å². The van der Waals surface area contributed by atoms with Gasteiger partial charge in [-0.15, -0.1) is 0 Å². The number of hydrogen-bond donors (Lipinski definition) is 0. The van der Waals surface area contributed by atoms with Crippen LogP contribution in [0.3, 0.4) is 0 Å². The molecule has 6 nitrogen and oxygen atoms in total. The highest BCUT2D eigenvalue weighted by atomic mass is 35.5. The predicted octanol–water partition coefficient (Wildman–Crippen LogP) is 3.99. The number of carbonyl (C=O) groups is 2. The zero-order chi connectivity index (χ0) is 20.8. The molecule has 0 aliphatic heterocycles. The van der Waals surface area contributed by atoms with Crippen molar-refractivity contribution in [2.45, 2.75) is 26.8 Å². The number of ether oxygens (including phenoxy) is 2. The highest BCUT2D eigenvalue weighted by Gasteiger charge is 2.13. The minimum absolute atomic E-state index is 0.0104. The molecule has 152 valence electrons. The highest BCUT2D eigenvalue weighted by molar-refractivity contribution is 7.16. The molecule has 0 saturated heterocycles. The van der Waals surface area contributed by atoms with E-state index in [1.54, 1.807) is 35.8 Å². The molecule has 0 aliphatic carbocycles. The number of fused-ring (bicyclic) bond motifs is 1. The summed E-state index contributed by atoms with van der Waals surface area (Å²) in [5.41, 5.74) is 2.01. The van der Waals surface area contributed by atoms with Crippen LogP contribution in [0.1, 0.15) is 19.4 Å². The van der Waals surface area contributed by atoms with Gasteiger partial charge >= 0.3 is 5.97 Å². The number of nitrogens with zero attached hydrogens (tertiary/aromatic N) is 2. The number of rotatable bonds is 7. The first-order valence-corrected chi connectivity index (χ1v) is 10.4. The second kappa shape index (κ2) is 9.71. The van der Waals surface area contributed by atoms with E-state index >= 15 is 0 Å². The van der Waals surface area contributed by atoms with Crippen molar-refractivity contribution in [1.82, 2.24) is 4.57 Å². The van der Waals surface area contributed by atoms with Crippen LogP contribution < -0.4 is 9.54 Å². The van der Waals surface area contributed by atoms with Crippen molar-refractivity contribution in [2.24, 2.45) is 4.99 Å². The maximum absolute atomic E-state index is 12.4. The second-order valence-corrected chi connectivity index (χ2v) is 7.63. The van der Waals surface area contributed by atoms with Crippen LogP contribution in [0.4, 0.5) is 0 Å². The van der Waals surface area contributed by atoms with Gasteiger partial charge in [0.2, 0.25) is 0 Å². The first-order valence-electron chi connectivity index (χ1n) is 9.24. The Morgan fingerprint density at radius 1 is 1.14 bits per heavy atom. The maximum atomic E-state index is 12.4. The molecule has 29 heavy (non-hydrogen) atoms. The van der Waals surface area contributed by atoms with E-state index < -0.39 is 5.91 Å². The van der Waals surface area contributed by atoms with Crippen molar-refractivity contribution in [3.8, 4) is 5.75 Å². The molecule has 1 aromatic heterocycles. The minimum Gasteiger partial charge on any atom is -0.484 e. The molecule has 3 rings (SSSR count). The monoisotopic (exact) mass is 432 g/mol. The summed E-state index contributed by atoms with van der Waals surface area (Å²) in [6.07, 6.45) is 0.895. The van der Waals surface area contributed by atoms with Crippen molar-refractivity contribution < 1.29 is 19.1 Å². The fourth-order valence-corrected chi connectivity index (χ4v) is 3.96. The van der Waals surface area contributed by atoms with Crippen molar-refractivity contribution in [2.75, 3.05) is 13.2 Å².